The number of benzene rings is 2. The van der Waals surface area contributed by atoms with E-state index in [2.05, 4.69) is 45.3 Å². The highest BCUT2D eigenvalue weighted by Gasteiger charge is 2.26. The first-order valence-corrected chi connectivity index (χ1v) is 11.9. The number of nitrogens with zero attached hydrogens (tertiary/aromatic N) is 3. The van der Waals surface area contributed by atoms with Crippen molar-refractivity contribution in [3.63, 3.8) is 0 Å². The van der Waals surface area contributed by atoms with Crippen molar-refractivity contribution in [1.29, 1.82) is 0 Å². The van der Waals surface area contributed by atoms with Gasteiger partial charge in [0.2, 0.25) is 5.91 Å². The lowest BCUT2D eigenvalue weighted by molar-refractivity contribution is -0.121. The van der Waals surface area contributed by atoms with Crippen LogP contribution >= 0.6 is 11.3 Å². The topological polar surface area (TPSA) is 83.1 Å². The summed E-state index contributed by atoms with van der Waals surface area (Å²) in [4.78, 5) is 27.9. The second kappa shape index (κ2) is 8.88. The van der Waals surface area contributed by atoms with Crippen molar-refractivity contribution in [3.05, 3.63) is 47.8 Å². The average molecular weight is 450 g/mol. The maximum absolute atomic E-state index is 12.8. The van der Waals surface area contributed by atoms with Crippen LogP contribution in [0, 0.1) is 12.8 Å². The summed E-state index contributed by atoms with van der Waals surface area (Å²) in [6, 6.07) is 12.1. The monoisotopic (exact) mass is 449 g/mol. The minimum atomic E-state index is 0.00979. The SMILES string of the molecule is CCOc1ccc2nc(NC(=O)C3CCN(Cc4nc5ccc(C)cc5[nH]4)CC3)sc2c1. The number of aryl methyl sites for hydroxylation is 1. The molecule has 0 saturated carbocycles. The molecular formula is C24H27N5O2S. The van der Waals surface area contributed by atoms with Gasteiger partial charge in [-0.1, -0.05) is 17.4 Å². The van der Waals surface area contributed by atoms with Crippen LogP contribution < -0.4 is 10.1 Å². The number of hydrogen-bond acceptors (Lipinski definition) is 6. The van der Waals surface area contributed by atoms with Gasteiger partial charge in [0, 0.05) is 5.92 Å². The fourth-order valence-electron chi connectivity index (χ4n) is 4.24. The third-order valence-corrected chi connectivity index (χ3v) is 6.85. The lowest BCUT2D eigenvalue weighted by Gasteiger charge is -2.30. The predicted molar refractivity (Wildman–Crippen MR) is 128 cm³/mol. The molecule has 7 nitrogen and oxygen atoms in total. The second-order valence-corrected chi connectivity index (χ2v) is 9.36. The smallest absolute Gasteiger partial charge is 0.229 e. The molecule has 2 N–H and O–H groups in total. The van der Waals surface area contributed by atoms with Gasteiger partial charge < -0.3 is 15.0 Å². The Morgan fingerprint density at radius 3 is 2.81 bits per heavy atom. The molecule has 0 radical (unpaired) electrons. The molecule has 0 spiro atoms. The van der Waals surface area contributed by atoms with Crippen LogP contribution in [0.15, 0.2) is 36.4 Å². The number of amides is 1. The van der Waals surface area contributed by atoms with Crippen LogP contribution in [0.2, 0.25) is 0 Å². The fourth-order valence-corrected chi connectivity index (χ4v) is 5.14. The Bertz CT molecular complexity index is 1260. The number of rotatable bonds is 6. The van der Waals surface area contributed by atoms with E-state index in [4.69, 9.17) is 9.72 Å². The van der Waals surface area contributed by atoms with Crippen LogP contribution in [0.5, 0.6) is 5.75 Å². The standard InChI is InChI=1S/C24H27N5O2S/c1-3-31-17-5-7-19-21(13-17)32-24(27-19)28-23(30)16-8-10-29(11-9-16)14-22-25-18-6-4-15(2)12-20(18)26-22/h4-7,12-13,16H,3,8-11,14H2,1-2H3,(H,25,26)(H,27,28,30). The summed E-state index contributed by atoms with van der Waals surface area (Å²) in [7, 11) is 0. The number of H-pyrrole nitrogens is 1. The Balaban J connectivity index is 1.16. The van der Waals surface area contributed by atoms with E-state index in [1.807, 2.05) is 25.1 Å². The van der Waals surface area contributed by atoms with Crippen LogP contribution in [0.1, 0.15) is 31.2 Å². The maximum Gasteiger partial charge on any atom is 0.229 e. The van der Waals surface area contributed by atoms with Gasteiger partial charge in [-0.3, -0.25) is 9.69 Å². The second-order valence-electron chi connectivity index (χ2n) is 8.33. The third kappa shape index (κ3) is 4.47. The minimum Gasteiger partial charge on any atom is -0.494 e. The number of carbonyl (C=O) groups excluding carboxylic acids is 1. The average Bonchev–Trinajstić information content (AvgIpc) is 3.36. The van der Waals surface area contributed by atoms with Crippen LogP contribution in [0.4, 0.5) is 5.13 Å². The number of likely N-dealkylation sites (tertiary alicyclic amines) is 1. The van der Waals surface area contributed by atoms with Gasteiger partial charge in [-0.25, -0.2) is 9.97 Å². The summed E-state index contributed by atoms with van der Waals surface area (Å²) in [6.45, 7) is 7.22. The summed E-state index contributed by atoms with van der Waals surface area (Å²) in [6.07, 6.45) is 1.68. The molecule has 5 rings (SSSR count). The van der Waals surface area contributed by atoms with Gasteiger partial charge in [0.1, 0.15) is 11.6 Å². The molecular weight excluding hydrogens is 422 g/mol. The number of nitrogens with one attached hydrogen (secondary N) is 2. The predicted octanol–water partition coefficient (Wildman–Crippen LogP) is 4.73. The molecule has 4 aromatic rings. The number of imidazole rings is 1. The van der Waals surface area contributed by atoms with Crippen molar-refractivity contribution in [2.75, 3.05) is 25.0 Å². The molecule has 0 unspecified atom stereocenters. The van der Waals surface area contributed by atoms with E-state index in [9.17, 15) is 4.79 Å². The Kier molecular flexibility index (Phi) is 5.80. The van der Waals surface area contributed by atoms with Crippen LogP contribution in [0.25, 0.3) is 21.3 Å². The van der Waals surface area contributed by atoms with E-state index in [0.717, 1.165) is 65.3 Å². The minimum absolute atomic E-state index is 0.00979. The number of carbonyl (C=O) groups is 1. The molecule has 0 bridgehead atoms. The highest BCUT2D eigenvalue weighted by atomic mass is 32.1. The molecule has 2 aromatic carbocycles. The lowest BCUT2D eigenvalue weighted by Crippen LogP contribution is -2.38. The van der Waals surface area contributed by atoms with E-state index in [0.29, 0.717) is 11.7 Å². The fraction of sp³-hybridized carbons (Fsp3) is 0.375. The molecule has 2 aromatic heterocycles. The van der Waals surface area contributed by atoms with Gasteiger partial charge in [-0.05, 0) is 75.7 Å². The normalized spacial score (nSPS) is 15.4. The number of aromatic amines is 1. The summed E-state index contributed by atoms with van der Waals surface area (Å²) < 4.78 is 6.57. The zero-order chi connectivity index (χ0) is 22.1. The van der Waals surface area contributed by atoms with Gasteiger partial charge >= 0.3 is 0 Å². The van der Waals surface area contributed by atoms with E-state index >= 15 is 0 Å². The van der Waals surface area contributed by atoms with Crippen molar-refractivity contribution in [1.82, 2.24) is 19.9 Å². The molecule has 32 heavy (non-hydrogen) atoms. The van der Waals surface area contributed by atoms with Gasteiger partial charge in [0.25, 0.3) is 0 Å². The molecule has 3 heterocycles. The maximum atomic E-state index is 12.8. The molecule has 0 atom stereocenters. The number of aromatic nitrogens is 3. The van der Waals surface area contributed by atoms with Crippen molar-refractivity contribution >= 4 is 43.6 Å². The molecule has 1 aliphatic heterocycles. The lowest BCUT2D eigenvalue weighted by atomic mass is 9.96. The molecule has 8 heteroatoms. The Labute approximate surface area is 190 Å². The first-order chi connectivity index (χ1) is 15.6. The first-order valence-electron chi connectivity index (χ1n) is 11.1. The zero-order valence-electron chi connectivity index (χ0n) is 18.4. The van der Waals surface area contributed by atoms with Crippen molar-refractivity contribution in [3.8, 4) is 5.75 Å². The number of thiazole rings is 1. The molecule has 166 valence electrons. The molecule has 1 aliphatic rings. The Morgan fingerprint density at radius 1 is 1.19 bits per heavy atom. The quantitative estimate of drug-likeness (QED) is 0.445. The number of anilines is 1. The highest BCUT2D eigenvalue weighted by Crippen LogP contribution is 2.30. The van der Waals surface area contributed by atoms with Gasteiger partial charge in [-0.2, -0.15) is 0 Å². The van der Waals surface area contributed by atoms with Gasteiger partial charge in [0.05, 0.1) is 34.4 Å². The van der Waals surface area contributed by atoms with E-state index in [1.54, 1.807) is 0 Å². The Hall–Kier alpha value is -2.97. The van der Waals surface area contributed by atoms with Crippen molar-refractivity contribution in [2.24, 2.45) is 5.92 Å². The Morgan fingerprint density at radius 2 is 2.00 bits per heavy atom. The summed E-state index contributed by atoms with van der Waals surface area (Å²) in [5.74, 6) is 1.88. The van der Waals surface area contributed by atoms with Gasteiger partial charge in [-0.15, -0.1) is 0 Å². The number of hydrogen-bond donors (Lipinski definition) is 2. The van der Waals surface area contributed by atoms with E-state index < -0.39 is 0 Å². The van der Waals surface area contributed by atoms with E-state index in [1.165, 1.54) is 16.9 Å². The molecule has 1 fully saturated rings. The van der Waals surface area contributed by atoms with Crippen LogP contribution in [0.3, 0.4) is 0 Å². The van der Waals surface area contributed by atoms with Crippen molar-refractivity contribution in [2.45, 2.75) is 33.2 Å². The number of ether oxygens (including phenoxy) is 1. The van der Waals surface area contributed by atoms with E-state index in [-0.39, 0.29) is 11.8 Å². The van der Waals surface area contributed by atoms with Gasteiger partial charge in [0.15, 0.2) is 5.13 Å². The van der Waals surface area contributed by atoms with Crippen LogP contribution in [-0.4, -0.2) is 45.5 Å². The third-order valence-electron chi connectivity index (χ3n) is 5.92. The molecule has 1 amide bonds. The number of fused-ring (bicyclic) bond motifs is 2. The number of piperidine rings is 1. The summed E-state index contributed by atoms with van der Waals surface area (Å²) >= 11 is 1.49. The first kappa shape index (κ1) is 20.9. The summed E-state index contributed by atoms with van der Waals surface area (Å²) in [5, 5.41) is 3.68. The summed E-state index contributed by atoms with van der Waals surface area (Å²) in [5.41, 5.74) is 4.19. The zero-order valence-corrected chi connectivity index (χ0v) is 19.2. The largest absolute Gasteiger partial charge is 0.494 e. The molecule has 1 saturated heterocycles. The van der Waals surface area contributed by atoms with Crippen LogP contribution in [-0.2, 0) is 11.3 Å². The van der Waals surface area contributed by atoms with Crippen molar-refractivity contribution < 1.29 is 9.53 Å². The highest BCUT2D eigenvalue weighted by molar-refractivity contribution is 7.22. The molecule has 0 aliphatic carbocycles.